The quantitative estimate of drug-likeness (QED) is 0.791. The highest BCUT2D eigenvalue weighted by atomic mass is 16.1. The van der Waals surface area contributed by atoms with E-state index in [1.807, 2.05) is 42.6 Å². The minimum atomic E-state index is -0.138. The number of benzene rings is 1. The molecule has 0 unspecified atom stereocenters. The topological polar surface area (TPSA) is 46.9 Å². The van der Waals surface area contributed by atoms with Gasteiger partial charge in [0.2, 0.25) is 0 Å². The number of pyridine rings is 1. The van der Waals surface area contributed by atoms with Crippen molar-refractivity contribution in [2.45, 2.75) is 19.9 Å². The Hall–Kier alpha value is -2.62. The summed E-state index contributed by atoms with van der Waals surface area (Å²) in [5.41, 5.74) is 1.73. The number of fused-ring (bicyclic) bond motifs is 1. The summed E-state index contributed by atoms with van der Waals surface area (Å²) in [6.07, 6.45) is 3.68. The zero-order valence-corrected chi connectivity index (χ0v) is 12.1. The van der Waals surface area contributed by atoms with Crippen molar-refractivity contribution in [3.05, 3.63) is 60.4 Å². The summed E-state index contributed by atoms with van der Waals surface area (Å²) in [5, 5.41) is 3.79. The third-order valence-electron chi connectivity index (χ3n) is 3.47. The van der Waals surface area contributed by atoms with Crippen molar-refractivity contribution in [2.75, 3.05) is 5.32 Å². The van der Waals surface area contributed by atoms with Gasteiger partial charge in [0.05, 0.1) is 0 Å². The van der Waals surface area contributed by atoms with Gasteiger partial charge in [0, 0.05) is 34.9 Å². The molecule has 1 aromatic carbocycles. The van der Waals surface area contributed by atoms with Crippen molar-refractivity contribution in [3.8, 4) is 0 Å². The van der Waals surface area contributed by atoms with Crippen LogP contribution in [-0.2, 0) is 0 Å². The Bertz CT molecular complexity index is 775. The van der Waals surface area contributed by atoms with Crippen LogP contribution in [0.15, 0.2) is 54.9 Å². The third-order valence-corrected chi connectivity index (χ3v) is 3.47. The van der Waals surface area contributed by atoms with Crippen LogP contribution in [0, 0.1) is 0 Å². The lowest BCUT2D eigenvalue weighted by Crippen LogP contribution is -2.13. The van der Waals surface area contributed by atoms with Crippen LogP contribution in [0.2, 0.25) is 0 Å². The highest BCUT2D eigenvalue weighted by Gasteiger charge is 2.13. The molecule has 0 bridgehead atoms. The summed E-state index contributed by atoms with van der Waals surface area (Å²) in [6.45, 7) is 4.25. The minimum absolute atomic E-state index is 0.138. The molecule has 2 aromatic heterocycles. The number of nitrogens with one attached hydrogen (secondary N) is 1. The standard InChI is InChI=1S/C17H17N3O/c1-12(2)20-11-9-13-14(6-5-7-15(13)20)17(21)19-16-8-3-4-10-18-16/h3-12H,1-2H3,(H,18,19,21). The van der Waals surface area contributed by atoms with Gasteiger partial charge in [-0.2, -0.15) is 0 Å². The average Bonchev–Trinajstić information content (AvgIpc) is 2.92. The van der Waals surface area contributed by atoms with Gasteiger partial charge in [-0.25, -0.2) is 4.98 Å². The summed E-state index contributed by atoms with van der Waals surface area (Å²) in [7, 11) is 0. The Morgan fingerprint density at radius 3 is 2.71 bits per heavy atom. The molecular formula is C17H17N3O. The molecule has 0 aliphatic carbocycles. The van der Waals surface area contributed by atoms with Crippen LogP contribution in [0.4, 0.5) is 5.82 Å². The molecule has 2 heterocycles. The first-order valence-corrected chi connectivity index (χ1v) is 6.99. The maximum Gasteiger partial charge on any atom is 0.257 e. The molecule has 0 saturated carbocycles. The van der Waals surface area contributed by atoms with Gasteiger partial charge in [0.1, 0.15) is 5.82 Å². The summed E-state index contributed by atoms with van der Waals surface area (Å²) >= 11 is 0. The number of aromatic nitrogens is 2. The van der Waals surface area contributed by atoms with Gasteiger partial charge in [0.15, 0.2) is 0 Å². The number of hydrogen-bond donors (Lipinski definition) is 1. The van der Waals surface area contributed by atoms with Crippen molar-refractivity contribution in [1.82, 2.24) is 9.55 Å². The first kappa shape index (κ1) is 13.4. The Balaban J connectivity index is 1.99. The highest BCUT2D eigenvalue weighted by Crippen LogP contribution is 2.24. The molecule has 0 aliphatic heterocycles. The van der Waals surface area contributed by atoms with E-state index in [1.54, 1.807) is 12.3 Å². The fraction of sp³-hybridized carbons (Fsp3) is 0.176. The number of carbonyl (C=O) groups is 1. The van der Waals surface area contributed by atoms with E-state index in [0.29, 0.717) is 17.4 Å². The monoisotopic (exact) mass is 279 g/mol. The number of anilines is 1. The smallest absolute Gasteiger partial charge is 0.257 e. The van der Waals surface area contributed by atoms with Crippen molar-refractivity contribution in [3.63, 3.8) is 0 Å². The second kappa shape index (κ2) is 5.40. The molecule has 0 fully saturated rings. The maximum absolute atomic E-state index is 12.4. The second-order valence-electron chi connectivity index (χ2n) is 5.22. The van der Waals surface area contributed by atoms with Crippen LogP contribution < -0.4 is 5.32 Å². The molecular weight excluding hydrogens is 262 g/mol. The summed E-state index contributed by atoms with van der Waals surface area (Å²) in [4.78, 5) is 16.6. The number of hydrogen-bond acceptors (Lipinski definition) is 2. The predicted molar refractivity (Wildman–Crippen MR) is 84.5 cm³/mol. The van der Waals surface area contributed by atoms with Crippen LogP contribution in [-0.4, -0.2) is 15.5 Å². The lowest BCUT2D eigenvalue weighted by atomic mass is 10.1. The van der Waals surface area contributed by atoms with Crippen LogP contribution >= 0.6 is 0 Å². The largest absolute Gasteiger partial charge is 0.345 e. The molecule has 106 valence electrons. The van der Waals surface area contributed by atoms with Crippen LogP contribution in [0.5, 0.6) is 0 Å². The fourth-order valence-electron chi connectivity index (χ4n) is 2.46. The van der Waals surface area contributed by atoms with Gasteiger partial charge < -0.3 is 9.88 Å². The number of amides is 1. The molecule has 3 rings (SSSR count). The van der Waals surface area contributed by atoms with E-state index < -0.39 is 0 Å². The number of carbonyl (C=O) groups excluding carboxylic acids is 1. The van der Waals surface area contributed by atoms with Gasteiger partial charge in [-0.3, -0.25) is 4.79 Å². The minimum Gasteiger partial charge on any atom is -0.345 e. The zero-order chi connectivity index (χ0) is 14.8. The van der Waals surface area contributed by atoms with Gasteiger partial charge >= 0.3 is 0 Å². The lowest BCUT2D eigenvalue weighted by molar-refractivity contribution is 0.102. The lowest BCUT2D eigenvalue weighted by Gasteiger charge is -2.10. The summed E-state index contributed by atoms with van der Waals surface area (Å²) in [6, 6.07) is 13.6. The van der Waals surface area contributed by atoms with Gasteiger partial charge in [-0.05, 0) is 44.2 Å². The molecule has 1 N–H and O–H groups in total. The molecule has 21 heavy (non-hydrogen) atoms. The van der Waals surface area contributed by atoms with E-state index in [4.69, 9.17) is 0 Å². The van der Waals surface area contributed by atoms with Crippen molar-refractivity contribution >= 4 is 22.6 Å². The molecule has 0 spiro atoms. The normalized spacial score (nSPS) is 11.0. The van der Waals surface area contributed by atoms with E-state index in [9.17, 15) is 4.79 Å². The number of nitrogens with zero attached hydrogens (tertiary/aromatic N) is 2. The van der Waals surface area contributed by atoms with Gasteiger partial charge in [-0.15, -0.1) is 0 Å². The number of rotatable bonds is 3. The Morgan fingerprint density at radius 2 is 2.00 bits per heavy atom. The summed E-state index contributed by atoms with van der Waals surface area (Å²) in [5.74, 6) is 0.420. The highest BCUT2D eigenvalue weighted by molar-refractivity contribution is 6.12. The van der Waals surface area contributed by atoms with Crippen molar-refractivity contribution < 1.29 is 4.79 Å². The Labute approximate surface area is 123 Å². The molecule has 0 atom stereocenters. The second-order valence-corrected chi connectivity index (χ2v) is 5.22. The Kier molecular flexibility index (Phi) is 3.44. The molecule has 4 nitrogen and oxygen atoms in total. The predicted octanol–water partition coefficient (Wildman–Crippen LogP) is 3.87. The average molecular weight is 279 g/mol. The van der Waals surface area contributed by atoms with Crippen molar-refractivity contribution in [2.24, 2.45) is 0 Å². The van der Waals surface area contributed by atoms with Crippen molar-refractivity contribution in [1.29, 1.82) is 0 Å². The molecule has 1 amide bonds. The van der Waals surface area contributed by atoms with E-state index >= 15 is 0 Å². The molecule has 4 heteroatoms. The van der Waals surface area contributed by atoms with E-state index in [1.165, 1.54) is 0 Å². The van der Waals surface area contributed by atoms with Crippen LogP contribution in [0.1, 0.15) is 30.2 Å². The summed E-state index contributed by atoms with van der Waals surface area (Å²) < 4.78 is 2.16. The van der Waals surface area contributed by atoms with Crippen LogP contribution in [0.3, 0.4) is 0 Å². The fourth-order valence-corrected chi connectivity index (χ4v) is 2.46. The Morgan fingerprint density at radius 1 is 1.14 bits per heavy atom. The molecule has 0 radical (unpaired) electrons. The first-order chi connectivity index (χ1) is 10.2. The van der Waals surface area contributed by atoms with Gasteiger partial charge in [0.25, 0.3) is 5.91 Å². The SMILES string of the molecule is CC(C)n1ccc2c(C(=O)Nc3ccccn3)cccc21. The van der Waals surface area contributed by atoms with Crippen LogP contribution in [0.25, 0.3) is 10.9 Å². The molecule has 3 aromatic rings. The van der Waals surface area contributed by atoms with E-state index in [-0.39, 0.29) is 5.91 Å². The molecule has 0 saturated heterocycles. The first-order valence-electron chi connectivity index (χ1n) is 6.99. The maximum atomic E-state index is 12.4. The zero-order valence-electron chi connectivity index (χ0n) is 12.1. The third kappa shape index (κ3) is 2.52. The van der Waals surface area contributed by atoms with E-state index in [2.05, 4.69) is 28.7 Å². The molecule has 0 aliphatic rings. The van der Waals surface area contributed by atoms with E-state index in [0.717, 1.165) is 10.9 Å². The van der Waals surface area contributed by atoms with Gasteiger partial charge in [-0.1, -0.05) is 12.1 Å².